The second kappa shape index (κ2) is 5.87. The first kappa shape index (κ1) is 17.8. The van der Waals surface area contributed by atoms with E-state index < -0.39 is 10.0 Å². The summed E-state index contributed by atoms with van der Waals surface area (Å²) in [6.07, 6.45) is 0. The Balaban J connectivity index is 2.70. The van der Waals surface area contributed by atoms with Crippen LogP contribution in [0.1, 0.15) is 34.6 Å². The van der Waals surface area contributed by atoms with Gasteiger partial charge in [0.05, 0.1) is 16.3 Å². The molecule has 1 rings (SSSR count). The minimum atomic E-state index is -3.19. The second-order valence-electron chi connectivity index (χ2n) is 7.13. The van der Waals surface area contributed by atoms with Gasteiger partial charge in [-0.1, -0.05) is 33.0 Å². The summed E-state index contributed by atoms with van der Waals surface area (Å²) in [6.45, 7) is 12.1. The molecule has 0 amide bonds. The van der Waals surface area contributed by atoms with Crippen LogP contribution in [0.4, 0.5) is 0 Å². The van der Waals surface area contributed by atoms with Crippen molar-refractivity contribution in [1.82, 2.24) is 9.21 Å². The lowest BCUT2D eigenvalue weighted by Gasteiger charge is -2.43. The molecule has 1 saturated heterocycles. The third-order valence-electron chi connectivity index (χ3n) is 3.64. The minimum absolute atomic E-state index is 0.179. The minimum Gasteiger partial charge on any atom is -0.392 e. The van der Waals surface area contributed by atoms with Crippen LogP contribution < -0.4 is 5.73 Å². The predicted octanol–water partition coefficient (Wildman–Crippen LogP) is 1.04. The molecule has 0 spiro atoms. The number of piperazine rings is 1. The van der Waals surface area contributed by atoms with Crippen molar-refractivity contribution >= 4 is 27.2 Å². The maximum Gasteiger partial charge on any atom is 0.214 e. The fourth-order valence-corrected chi connectivity index (χ4v) is 4.45. The highest BCUT2D eigenvalue weighted by Crippen LogP contribution is 2.22. The van der Waals surface area contributed by atoms with Crippen LogP contribution in [0.15, 0.2) is 0 Å². The monoisotopic (exact) mass is 321 g/mol. The smallest absolute Gasteiger partial charge is 0.214 e. The Kier molecular flexibility index (Phi) is 5.22. The van der Waals surface area contributed by atoms with Crippen molar-refractivity contribution in [3.63, 3.8) is 0 Å². The Morgan fingerprint density at radius 3 is 1.90 bits per heavy atom. The van der Waals surface area contributed by atoms with Gasteiger partial charge in [0.15, 0.2) is 0 Å². The number of thiocarbonyl (C=S) groups is 1. The summed E-state index contributed by atoms with van der Waals surface area (Å²) in [4.78, 5) is 2.60. The van der Waals surface area contributed by atoms with Gasteiger partial charge in [-0.15, -0.1) is 0 Å². The van der Waals surface area contributed by atoms with E-state index in [-0.39, 0.29) is 16.7 Å². The molecule has 0 saturated carbocycles. The lowest BCUT2D eigenvalue weighted by atomic mass is 10.0. The number of hydrogen-bond donors (Lipinski definition) is 1. The topological polar surface area (TPSA) is 66.6 Å². The molecule has 1 aliphatic rings. The van der Waals surface area contributed by atoms with Gasteiger partial charge in [0.2, 0.25) is 10.0 Å². The molecule has 20 heavy (non-hydrogen) atoms. The highest BCUT2D eigenvalue weighted by molar-refractivity contribution is 7.89. The first-order valence-corrected chi connectivity index (χ1v) is 8.91. The molecule has 0 bridgehead atoms. The summed E-state index contributed by atoms with van der Waals surface area (Å²) in [5.74, 6) is 0.179. The van der Waals surface area contributed by atoms with Crippen LogP contribution in [0.3, 0.4) is 0 Å². The Morgan fingerprint density at radius 2 is 1.55 bits per heavy atom. The van der Waals surface area contributed by atoms with E-state index in [1.165, 1.54) is 0 Å². The molecule has 0 atom stereocenters. The van der Waals surface area contributed by atoms with Gasteiger partial charge in [0, 0.05) is 26.2 Å². The van der Waals surface area contributed by atoms with E-state index in [9.17, 15) is 8.42 Å². The zero-order valence-electron chi connectivity index (χ0n) is 13.1. The van der Waals surface area contributed by atoms with Crippen molar-refractivity contribution in [3.05, 3.63) is 0 Å². The molecule has 7 heteroatoms. The molecule has 0 radical (unpaired) electrons. The van der Waals surface area contributed by atoms with Crippen molar-refractivity contribution in [2.45, 2.75) is 40.2 Å². The van der Waals surface area contributed by atoms with E-state index in [1.54, 1.807) is 4.31 Å². The fourth-order valence-electron chi connectivity index (χ4n) is 2.32. The number of hydrogen-bond acceptors (Lipinski definition) is 4. The molecule has 0 aromatic heterocycles. The lowest BCUT2D eigenvalue weighted by Crippen LogP contribution is -2.60. The highest BCUT2D eigenvalue weighted by atomic mass is 32.2. The fraction of sp³-hybridized carbons (Fsp3) is 0.923. The Bertz CT molecular complexity index is 458. The number of nitrogens with zero attached hydrogens (tertiary/aromatic N) is 2. The molecule has 0 aliphatic carbocycles. The zero-order valence-corrected chi connectivity index (χ0v) is 14.8. The maximum absolute atomic E-state index is 12.3. The lowest BCUT2D eigenvalue weighted by molar-refractivity contribution is 0.123. The molecule has 5 nitrogen and oxygen atoms in total. The van der Waals surface area contributed by atoms with Gasteiger partial charge in [-0.25, -0.2) is 8.42 Å². The van der Waals surface area contributed by atoms with Crippen molar-refractivity contribution in [2.75, 3.05) is 31.9 Å². The van der Waals surface area contributed by atoms with Crippen molar-refractivity contribution in [3.8, 4) is 0 Å². The van der Waals surface area contributed by atoms with E-state index in [2.05, 4.69) is 4.90 Å². The molecule has 0 aromatic rings. The molecular formula is C13H27N3O2S2. The summed E-state index contributed by atoms with van der Waals surface area (Å²) in [5.41, 5.74) is 5.17. The van der Waals surface area contributed by atoms with Crippen LogP contribution in [-0.2, 0) is 10.0 Å². The number of rotatable bonds is 4. The average molecular weight is 322 g/mol. The molecule has 1 aliphatic heterocycles. The number of nitrogens with two attached hydrogens (primary N) is 1. The quantitative estimate of drug-likeness (QED) is 0.784. The third kappa shape index (κ3) is 4.38. The van der Waals surface area contributed by atoms with Crippen LogP contribution in [0.5, 0.6) is 0 Å². The van der Waals surface area contributed by atoms with Crippen LogP contribution in [0.25, 0.3) is 0 Å². The third-order valence-corrected chi connectivity index (χ3v) is 6.52. The van der Waals surface area contributed by atoms with Gasteiger partial charge in [0.25, 0.3) is 0 Å². The first-order valence-electron chi connectivity index (χ1n) is 6.89. The molecular weight excluding hydrogens is 294 g/mol. The normalized spacial score (nSPS) is 20.1. The van der Waals surface area contributed by atoms with Gasteiger partial charge < -0.3 is 5.73 Å². The number of sulfonamides is 1. The van der Waals surface area contributed by atoms with Gasteiger partial charge in [-0.05, 0) is 19.3 Å². The van der Waals surface area contributed by atoms with Gasteiger partial charge in [0.1, 0.15) is 0 Å². The molecule has 0 aromatic carbocycles. The van der Waals surface area contributed by atoms with Gasteiger partial charge >= 0.3 is 0 Å². The van der Waals surface area contributed by atoms with Crippen molar-refractivity contribution in [2.24, 2.45) is 11.1 Å². The van der Waals surface area contributed by atoms with Crippen LogP contribution >= 0.6 is 12.2 Å². The molecule has 2 N–H and O–H groups in total. The standard InChI is InChI=1S/C13H27N3O2S2/c1-12(2,3)10-20(17,18)16-8-6-15(7-9-16)13(4,5)11(14)19/h6-10H2,1-5H3,(H2,14,19). The molecule has 1 fully saturated rings. The summed E-state index contributed by atoms with van der Waals surface area (Å²) in [7, 11) is -3.19. The van der Waals surface area contributed by atoms with Gasteiger partial charge in [-0.2, -0.15) is 4.31 Å². The van der Waals surface area contributed by atoms with E-state index >= 15 is 0 Å². The Hall–Kier alpha value is -0.240. The van der Waals surface area contributed by atoms with E-state index in [4.69, 9.17) is 18.0 Å². The maximum atomic E-state index is 12.3. The van der Waals surface area contributed by atoms with Gasteiger partial charge in [-0.3, -0.25) is 4.90 Å². The molecule has 0 unspecified atom stereocenters. The Morgan fingerprint density at radius 1 is 1.10 bits per heavy atom. The van der Waals surface area contributed by atoms with Crippen LogP contribution in [0, 0.1) is 5.41 Å². The van der Waals surface area contributed by atoms with Crippen LogP contribution in [0.2, 0.25) is 0 Å². The van der Waals surface area contributed by atoms with E-state index in [0.29, 0.717) is 31.2 Å². The first-order chi connectivity index (χ1) is 8.86. The van der Waals surface area contributed by atoms with Crippen molar-refractivity contribution in [1.29, 1.82) is 0 Å². The molecule has 118 valence electrons. The van der Waals surface area contributed by atoms with Crippen molar-refractivity contribution < 1.29 is 8.42 Å². The molecule has 1 heterocycles. The zero-order chi connectivity index (χ0) is 15.8. The summed E-state index contributed by atoms with van der Waals surface area (Å²) < 4.78 is 26.3. The summed E-state index contributed by atoms with van der Waals surface area (Å²) >= 11 is 5.09. The van der Waals surface area contributed by atoms with Crippen LogP contribution in [-0.4, -0.2) is 60.1 Å². The summed E-state index contributed by atoms with van der Waals surface area (Å²) in [6, 6.07) is 0. The van der Waals surface area contributed by atoms with E-state index in [0.717, 1.165) is 0 Å². The Labute approximate surface area is 128 Å². The SMILES string of the molecule is CC(C)(C)CS(=O)(=O)N1CCN(C(C)(C)C(N)=S)CC1. The predicted molar refractivity (Wildman–Crippen MR) is 87.3 cm³/mol. The summed E-state index contributed by atoms with van der Waals surface area (Å²) in [5, 5.41) is 0. The second-order valence-corrected chi connectivity index (χ2v) is 9.53. The largest absolute Gasteiger partial charge is 0.392 e. The highest BCUT2D eigenvalue weighted by Gasteiger charge is 2.36. The average Bonchev–Trinajstić information content (AvgIpc) is 2.25. The van der Waals surface area contributed by atoms with E-state index in [1.807, 2.05) is 34.6 Å².